The summed E-state index contributed by atoms with van der Waals surface area (Å²) in [6.45, 7) is 6.15. The summed E-state index contributed by atoms with van der Waals surface area (Å²) in [5, 5.41) is 9.17. The summed E-state index contributed by atoms with van der Waals surface area (Å²) in [5.74, 6) is 0.781. The maximum atomic E-state index is 9.17. The van der Waals surface area contributed by atoms with Crippen LogP contribution in [0.4, 0.5) is 0 Å². The van der Waals surface area contributed by atoms with Gasteiger partial charge in [-0.2, -0.15) is 0 Å². The largest absolute Gasteiger partial charge is 0.496 e. The number of aliphatic hydroxyl groups is 1. The molecule has 2 nitrogen and oxygen atoms in total. The molecule has 72 valence electrons. The van der Waals surface area contributed by atoms with Crippen molar-refractivity contribution >= 4 is 0 Å². The minimum absolute atomic E-state index is 0.0378. The molecule has 0 spiro atoms. The van der Waals surface area contributed by atoms with Crippen molar-refractivity contribution in [2.45, 2.75) is 27.4 Å². The zero-order valence-electron chi connectivity index (χ0n) is 8.64. The second-order valence-corrected chi connectivity index (χ2v) is 3.28. The van der Waals surface area contributed by atoms with Crippen LogP contribution >= 0.6 is 0 Å². The second-order valence-electron chi connectivity index (χ2n) is 3.28. The topological polar surface area (TPSA) is 29.5 Å². The highest BCUT2D eigenvalue weighted by Gasteiger charge is 2.09. The molecule has 0 unspecified atom stereocenters. The summed E-state index contributed by atoms with van der Waals surface area (Å²) in [7, 11) is 1.63. The molecule has 0 saturated heterocycles. The number of ether oxygens (including phenoxy) is 1. The van der Waals surface area contributed by atoms with Gasteiger partial charge >= 0.3 is 0 Å². The lowest BCUT2D eigenvalue weighted by atomic mass is 9.98. The molecule has 0 atom stereocenters. The van der Waals surface area contributed by atoms with Crippen LogP contribution < -0.4 is 4.74 Å². The predicted molar refractivity (Wildman–Crippen MR) is 53.1 cm³/mol. The minimum atomic E-state index is 0.0378. The van der Waals surface area contributed by atoms with Crippen LogP contribution in [0.3, 0.4) is 0 Å². The van der Waals surface area contributed by atoms with E-state index in [1.807, 2.05) is 19.9 Å². The number of hydrogen-bond donors (Lipinski definition) is 1. The predicted octanol–water partition coefficient (Wildman–Crippen LogP) is 2.11. The van der Waals surface area contributed by atoms with Crippen molar-refractivity contribution in [2.75, 3.05) is 7.11 Å². The fourth-order valence-electron chi connectivity index (χ4n) is 1.48. The second kappa shape index (κ2) is 3.79. The first-order valence-electron chi connectivity index (χ1n) is 4.36. The Hall–Kier alpha value is -1.02. The third-order valence-corrected chi connectivity index (χ3v) is 2.63. The Morgan fingerprint density at radius 2 is 1.85 bits per heavy atom. The van der Waals surface area contributed by atoms with Crippen LogP contribution in [0.25, 0.3) is 0 Å². The van der Waals surface area contributed by atoms with Gasteiger partial charge in [0.1, 0.15) is 5.75 Å². The molecular weight excluding hydrogens is 164 g/mol. The lowest BCUT2D eigenvalue weighted by Crippen LogP contribution is -1.99. The van der Waals surface area contributed by atoms with Gasteiger partial charge in [0.15, 0.2) is 0 Å². The van der Waals surface area contributed by atoms with Crippen molar-refractivity contribution in [2.24, 2.45) is 0 Å². The lowest BCUT2D eigenvalue weighted by molar-refractivity contribution is 0.272. The number of rotatable bonds is 2. The normalized spacial score (nSPS) is 10.2. The van der Waals surface area contributed by atoms with Crippen molar-refractivity contribution in [3.05, 3.63) is 28.3 Å². The van der Waals surface area contributed by atoms with Crippen molar-refractivity contribution in [1.82, 2.24) is 0 Å². The molecule has 1 N–H and O–H groups in total. The van der Waals surface area contributed by atoms with Gasteiger partial charge in [-0.1, -0.05) is 0 Å². The van der Waals surface area contributed by atoms with E-state index >= 15 is 0 Å². The third kappa shape index (κ3) is 1.68. The molecule has 0 fully saturated rings. The molecule has 0 amide bonds. The van der Waals surface area contributed by atoms with Crippen LogP contribution in [0.2, 0.25) is 0 Å². The summed E-state index contributed by atoms with van der Waals surface area (Å²) < 4.78 is 5.19. The van der Waals surface area contributed by atoms with Gasteiger partial charge in [-0.05, 0) is 43.5 Å². The smallest absolute Gasteiger partial charge is 0.124 e. The van der Waals surface area contributed by atoms with Crippen LogP contribution in [-0.2, 0) is 6.61 Å². The first-order valence-corrected chi connectivity index (χ1v) is 4.36. The zero-order valence-corrected chi connectivity index (χ0v) is 8.64. The van der Waals surface area contributed by atoms with Crippen LogP contribution in [0, 0.1) is 20.8 Å². The first-order chi connectivity index (χ1) is 6.11. The molecule has 0 saturated carbocycles. The number of aliphatic hydroxyl groups excluding tert-OH is 1. The van der Waals surface area contributed by atoms with E-state index in [4.69, 9.17) is 9.84 Å². The average molecular weight is 180 g/mol. The maximum Gasteiger partial charge on any atom is 0.124 e. The molecule has 0 aliphatic heterocycles. The van der Waals surface area contributed by atoms with Crippen LogP contribution in [-0.4, -0.2) is 12.2 Å². The molecule has 0 radical (unpaired) electrons. The van der Waals surface area contributed by atoms with Gasteiger partial charge in [-0.25, -0.2) is 0 Å². The van der Waals surface area contributed by atoms with Crippen molar-refractivity contribution in [3.63, 3.8) is 0 Å². The van der Waals surface area contributed by atoms with Crippen LogP contribution in [0.1, 0.15) is 22.3 Å². The standard InChI is InChI=1S/C11H16O2/c1-7-5-11(13-4)10(6-12)9(3)8(7)2/h5,12H,6H2,1-4H3. The van der Waals surface area contributed by atoms with E-state index in [1.54, 1.807) is 7.11 Å². The van der Waals surface area contributed by atoms with Gasteiger partial charge in [0.25, 0.3) is 0 Å². The van der Waals surface area contributed by atoms with E-state index in [-0.39, 0.29) is 6.61 Å². The number of aryl methyl sites for hydroxylation is 1. The van der Waals surface area contributed by atoms with Gasteiger partial charge in [0.05, 0.1) is 13.7 Å². The zero-order chi connectivity index (χ0) is 10.0. The summed E-state index contributed by atoms with van der Waals surface area (Å²) in [6, 6.07) is 1.97. The monoisotopic (exact) mass is 180 g/mol. The number of hydrogen-bond acceptors (Lipinski definition) is 2. The highest BCUT2D eigenvalue weighted by molar-refractivity contribution is 5.47. The van der Waals surface area contributed by atoms with Crippen LogP contribution in [0.15, 0.2) is 6.07 Å². The maximum absolute atomic E-state index is 9.17. The number of methoxy groups -OCH3 is 1. The molecular formula is C11H16O2. The molecule has 0 aliphatic rings. The Kier molecular flexibility index (Phi) is 2.94. The van der Waals surface area contributed by atoms with E-state index in [2.05, 4.69) is 6.92 Å². The minimum Gasteiger partial charge on any atom is -0.496 e. The van der Waals surface area contributed by atoms with Gasteiger partial charge in [-0.3, -0.25) is 0 Å². The van der Waals surface area contributed by atoms with Crippen LogP contribution in [0.5, 0.6) is 5.75 Å². The lowest BCUT2D eigenvalue weighted by Gasteiger charge is -2.14. The van der Waals surface area contributed by atoms with Gasteiger partial charge < -0.3 is 9.84 Å². The summed E-state index contributed by atoms with van der Waals surface area (Å²) >= 11 is 0. The van der Waals surface area contributed by atoms with Crippen molar-refractivity contribution in [1.29, 1.82) is 0 Å². The Balaban J connectivity index is 3.39. The van der Waals surface area contributed by atoms with Gasteiger partial charge in [0, 0.05) is 5.56 Å². The van der Waals surface area contributed by atoms with Gasteiger partial charge in [0.2, 0.25) is 0 Å². The Bertz CT molecular complexity index is 316. The van der Waals surface area contributed by atoms with Crippen molar-refractivity contribution < 1.29 is 9.84 Å². The molecule has 0 bridgehead atoms. The summed E-state index contributed by atoms with van der Waals surface area (Å²) in [6.07, 6.45) is 0. The molecule has 1 aromatic rings. The first kappa shape index (κ1) is 10.1. The molecule has 1 aromatic carbocycles. The average Bonchev–Trinajstić information content (AvgIpc) is 2.13. The highest BCUT2D eigenvalue weighted by atomic mass is 16.5. The fourth-order valence-corrected chi connectivity index (χ4v) is 1.48. The molecule has 1 rings (SSSR count). The van der Waals surface area contributed by atoms with E-state index in [9.17, 15) is 0 Å². The molecule has 13 heavy (non-hydrogen) atoms. The molecule has 0 heterocycles. The summed E-state index contributed by atoms with van der Waals surface area (Å²) in [4.78, 5) is 0. The quantitative estimate of drug-likeness (QED) is 0.755. The fraction of sp³-hybridized carbons (Fsp3) is 0.455. The van der Waals surface area contributed by atoms with E-state index in [0.29, 0.717) is 0 Å². The van der Waals surface area contributed by atoms with E-state index < -0.39 is 0 Å². The molecule has 0 aliphatic carbocycles. The van der Waals surface area contributed by atoms with Crippen molar-refractivity contribution in [3.8, 4) is 5.75 Å². The Labute approximate surface area is 79.2 Å². The Morgan fingerprint density at radius 3 is 2.31 bits per heavy atom. The molecule has 0 aromatic heterocycles. The van der Waals surface area contributed by atoms with Gasteiger partial charge in [-0.15, -0.1) is 0 Å². The van der Waals surface area contributed by atoms with E-state index in [0.717, 1.165) is 16.9 Å². The SMILES string of the molecule is COc1cc(C)c(C)c(C)c1CO. The summed E-state index contributed by atoms with van der Waals surface area (Å²) in [5.41, 5.74) is 4.45. The highest BCUT2D eigenvalue weighted by Crippen LogP contribution is 2.27. The Morgan fingerprint density at radius 1 is 1.23 bits per heavy atom. The number of benzene rings is 1. The van der Waals surface area contributed by atoms with E-state index in [1.165, 1.54) is 11.1 Å². The third-order valence-electron chi connectivity index (χ3n) is 2.63. The molecule has 2 heteroatoms.